The first-order valence-corrected chi connectivity index (χ1v) is 9.92. The molecule has 28 heavy (non-hydrogen) atoms. The summed E-state index contributed by atoms with van der Waals surface area (Å²) in [6.07, 6.45) is 6.95. The van der Waals surface area contributed by atoms with Crippen molar-refractivity contribution in [1.29, 1.82) is 0 Å². The SMILES string of the molecule is Cc1c(C(=O)N2CCC3(CCNC3)CC2)nnn1-c1cccc2cnccc12. The van der Waals surface area contributed by atoms with E-state index in [9.17, 15) is 4.79 Å². The fourth-order valence-corrected chi connectivity index (χ4v) is 4.60. The van der Waals surface area contributed by atoms with Crippen molar-refractivity contribution in [3.8, 4) is 5.69 Å². The van der Waals surface area contributed by atoms with Crippen LogP contribution < -0.4 is 5.32 Å². The molecule has 0 unspecified atom stereocenters. The van der Waals surface area contributed by atoms with Crippen LogP contribution in [0.1, 0.15) is 35.4 Å². The van der Waals surface area contributed by atoms with E-state index in [4.69, 9.17) is 0 Å². The minimum Gasteiger partial charge on any atom is -0.337 e. The molecular weight excluding hydrogens is 352 g/mol. The molecule has 7 heteroatoms. The van der Waals surface area contributed by atoms with Crippen LogP contribution in [0.4, 0.5) is 0 Å². The van der Waals surface area contributed by atoms with E-state index in [1.54, 1.807) is 10.9 Å². The van der Waals surface area contributed by atoms with Crippen molar-refractivity contribution >= 4 is 16.7 Å². The molecule has 0 bridgehead atoms. The van der Waals surface area contributed by atoms with Crippen LogP contribution in [0.25, 0.3) is 16.5 Å². The molecule has 7 nitrogen and oxygen atoms in total. The number of rotatable bonds is 2. The van der Waals surface area contributed by atoms with Crippen LogP contribution in [0.3, 0.4) is 0 Å². The van der Waals surface area contributed by atoms with Crippen molar-refractivity contribution in [2.45, 2.75) is 26.2 Å². The second-order valence-electron chi connectivity index (χ2n) is 8.03. The molecule has 5 rings (SSSR count). The lowest BCUT2D eigenvalue weighted by Gasteiger charge is -2.38. The smallest absolute Gasteiger partial charge is 0.276 e. The lowest BCUT2D eigenvalue weighted by molar-refractivity contribution is 0.0601. The Morgan fingerprint density at radius 2 is 2.04 bits per heavy atom. The summed E-state index contributed by atoms with van der Waals surface area (Å²) in [5.74, 6) is -0.00791. The van der Waals surface area contributed by atoms with E-state index in [0.717, 1.165) is 61.2 Å². The van der Waals surface area contributed by atoms with E-state index in [-0.39, 0.29) is 5.91 Å². The van der Waals surface area contributed by atoms with Gasteiger partial charge in [-0.05, 0) is 50.3 Å². The number of carbonyl (C=O) groups is 1. The van der Waals surface area contributed by atoms with Gasteiger partial charge in [-0.15, -0.1) is 5.10 Å². The molecule has 144 valence electrons. The Morgan fingerprint density at radius 1 is 1.18 bits per heavy atom. The standard InChI is InChI=1S/C21H24N6O/c1-15-19(20(28)26-11-7-21(8-12-26)6-10-23-14-21)24-25-27(15)18-4-2-3-16-13-22-9-5-17(16)18/h2-5,9,13,23H,6-8,10-12,14H2,1H3. The lowest BCUT2D eigenvalue weighted by atomic mass is 9.78. The number of likely N-dealkylation sites (tertiary alicyclic amines) is 1. The molecule has 0 saturated carbocycles. The van der Waals surface area contributed by atoms with Gasteiger partial charge in [0.05, 0.1) is 11.4 Å². The molecule has 2 aliphatic heterocycles. The quantitative estimate of drug-likeness (QED) is 0.743. The fourth-order valence-electron chi connectivity index (χ4n) is 4.60. The maximum Gasteiger partial charge on any atom is 0.276 e. The van der Waals surface area contributed by atoms with Gasteiger partial charge in [-0.3, -0.25) is 9.78 Å². The van der Waals surface area contributed by atoms with Crippen molar-refractivity contribution < 1.29 is 4.79 Å². The number of aromatic nitrogens is 4. The van der Waals surface area contributed by atoms with Crippen LogP contribution in [-0.2, 0) is 0 Å². The number of pyridine rings is 1. The van der Waals surface area contributed by atoms with Crippen molar-refractivity contribution in [1.82, 2.24) is 30.2 Å². The molecule has 0 aliphatic carbocycles. The first-order valence-electron chi connectivity index (χ1n) is 9.92. The minimum absolute atomic E-state index is 0.00791. The summed E-state index contributed by atoms with van der Waals surface area (Å²) < 4.78 is 1.77. The maximum atomic E-state index is 13.1. The summed E-state index contributed by atoms with van der Waals surface area (Å²) in [4.78, 5) is 19.2. The van der Waals surface area contributed by atoms with E-state index in [1.165, 1.54) is 6.42 Å². The van der Waals surface area contributed by atoms with Crippen LogP contribution in [0.5, 0.6) is 0 Å². The fraction of sp³-hybridized carbons (Fsp3) is 0.429. The van der Waals surface area contributed by atoms with Crippen LogP contribution in [0, 0.1) is 12.3 Å². The number of nitrogens with one attached hydrogen (secondary N) is 1. The molecule has 3 aromatic rings. The molecule has 0 atom stereocenters. The molecule has 1 amide bonds. The molecule has 2 aliphatic rings. The van der Waals surface area contributed by atoms with Gasteiger partial charge in [-0.25, -0.2) is 4.68 Å². The second-order valence-corrected chi connectivity index (χ2v) is 8.03. The van der Waals surface area contributed by atoms with E-state index < -0.39 is 0 Å². The number of fused-ring (bicyclic) bond motifs is 1. The van der Waals surface area contributed by atoms with E-state index in [0.29, 0.717) is 11.1 Å². The molecule has 4 heterocycles. The first kappa shape index (κ1) is 17.3. The predicted molar refractivity (Wildman–Crippen MR) is 106 cm³/mol. The topological polar surface area (TPSA) is 75.9 Å². The Balaban J connectivity index is 1.42. The second kappa shape index (κ2) is 6.67. The Kier molecular flexibility index (Phi) is 4.12. The molecule has 1 spiro atoms. The lowest BCUT2D eigenvalue weighted by Crippen LogP contribution is -2.44. The summed E-state index contributed by atoms with van der Waals surface area (Å²) in [5, 5.41) is 14.1. The van der Waals surface area contributed by atoms with E-state index >= 15 is 0 Å². The zero-order valence-electron chi connectivity index (χ0n) is 16.1. The van der Waals surface area contributed by atoms with E-state index in [2.05, 4.69) is 20.6 Å². The van der Waals surface area contributed by atoms with Crippen molar-refractivity contribution in [3.05, 3.63) is 48.0 Å². The van der Waals surface area contributed by atoms with Crippen molar-refractivity contribution in [2.75, 3.05) is 26.2 Å². The minimum atomic E-state index is -0.00791. The third-order valence-corrected chi connectivity index (χ3v) is 6.43. The zero-order valence-corrected chi connectivity index (χ0v) is 16.1. The van der Waals surface area contributed by atoms with Gasteiger partial charge in [0.2, 0.25) is 0 Å². The Morgan fingerprint density at radius 3 is 2.82 bits per heavy atom. The number of piperidine rings is 1. The van der Waals surface area contributed by atoms with Gasteiger partial charge in [0.25, 0.3) is 5.91 Å². The number of amides is 1. The van der Waals surface area contributed by atoms with Crippen molar-refractivity contribution in [3.63, 3.8) is 0 Å². The van der Waals surface area contributed by atoms with Crippen LogP contribution in [0.15, 0.2) is 36.7 Å². The average molecular weight is 376 g/mol. The van der Waals surface area contributed by atoms with Gasteiger partial charge in [0.1, 0.15) is 0 Å². The molecular formula is C21H24N6O. The summed E-state index contributed by atoms with van der Waals surface area (Å²) in [6.45, 7) is 5.70. The normalized spacial score (nSPS) is 18.8. The highest BCUT2D eigenvalue weighted by Gasteiger charge is 2.38. The number of nitrogens with zero attached hydrogens (tertiary/aromatic N) is 5. The van der Waals surface area contributed by atoms with Gasteiger partial charge in [0.15, 0.2) is 5.69 Å². The van der Waals surface area contributed by atoms with Crippen molar-refractivity contribution in [2.24, 2.45) is 5.41 Å². The van der Waals surface area contributed by atoms with E-state index in [1.807, 2.05) is 42.3 Å². The van der Waals surface area contributed by atoms with Gasteiger partial charge in [-0.2, -0.15) is 0 Å². The highest BCUT2D eigenvalue weighted by molar-refractivity contribution is 5.94. The summed E-state index contributed by atoms with van der Waals surface area (Å²) in [7, 11) is 0. The largest absolute Gasteiger partial charge is 0.337 e. The molecule has 0 radical (unpaired) electrons. The molecule has 2 fully saturated rings. The molecule has 2 saturated heterocycles. The maximum absolute atomic E-state index is 13.1. The van der Waals surface area contributed by atoms with Crippen LogP contribution >= 0.6 is 0 Å². The highest BCUT2D eigenvalue weighted by Crippen LogP contribution is 2.37. The van der Waals surface area contributed by atoms with Gasteiger partial charge < -0.3 is 10.2 Å². The Bertz CT molecular complexity index is 1020. The predicted octanol–water partition coefficient (Wildman–Crippen LogP) is 2.34. The number of carbonyl (C=O) groups excluding carboxylic acids is 1. The zero-order chi connectivity index (χ0) is 19.1. The Hall–Kier alpha value is -2.80. The third-order valence-electron chi connectivity index (χ3n) is 6.43. The third kappa shape index (κ3) is 2.77. The summed E-state index contributed by atoms with van der Waals surface area (Å²) in [6, 6.07) is 7.95. The summed E-state index contributed by atoms with van der Waals surface area (Å²) >= 11 is 0. The highest BCUT2D eigenvalue weighted by atomic mass is 16.2. The molecule has 1 aromatic carbocycles. The van der Waals surface area contributed by atoms with Gasteiger partial charge in [-0.1, -0.05) is 17.3 Å². The molecule has 2 aromatic heterocycles. The number of hydrogen-bond donors (Lipinski definition) is 1. The number of hydrogen-bond acceptors (Lipinski definition) is 5. The number of benzene rings is 1. The van der Waals surface area contributed by atoms with Crippen LogP contribution in [0.2, 0.25) is 0 Å². The van der Waals surface area contributed by atoms with Crippen LogP contribution in [-0.4, -0.2) is 57.0 Å². The molecule has 1 N–H and O–H groups in total. The summed E-state index contributed by atoms with van der Waals surface area (Å²) in [5.41, 5.74) is 2.53. The van der Waals surface area contributed by atoms with Gasteiger partial charge >= 0.3 is 0 Å². The monoisotopic (exact) mass is 376 g/mol. The Labute approximate surface area is 163 Å². The first-order chi connectivity index (χ1) is 13.7. The average Bonchev–Trinajstić information content (AvgIpc) is 3.34. The van der Waals surface area contributed by atoms with Gasteiger partial charge in [0, 0.05) is 42.8 Å².